The van der Waals surface area contributed by atoms with E-state index in [2.05, 4.69) is 17.2 Å². The van der Waals surface area contributed by atoms with Gasteiger partial charge in [-0.1, -0.05) is 19.4 Å². The number of anilines is 1. The molecular formula is C22H30N2O2. The van der Waals surface area contributed by atoms with Gasteiger partial charge in [-0.3, -0.25) is 4.79 Å². The Morgan fingerprint density at radius 3 is 2.92 bits per heavy atom. The van der Waals surface area contributed by atoms with Crippen LogP contribution in [0.1, 0.15) is 57.4 Å². The average Bonchev–Trinajstić information content (AvgIpc) is 2.82. The van der Waals surface area contributed by atoms with Crippen molar-refractivity contribution in [3.8, 4) is 5.75 Å². The van der Waals surface area contributed by atoms with Crippen LogP contribution in [-0.2, 0) is 11.3 Å². The Labute approximate surface area is 156 Å². The molecule has 0 radical (unpaired) electrons. The summed E-state index contributed by atoms with van der Waals surface area (Å²) in [6, 6.07) is 5.27. The molecule has 3 aliphatic carbocycles. The average molecular weight is 354 g/mol. The zero-order chi connectivity index (χ0) is 18.3. The highest BCUT2D eigenvalue weighted by molar-refractivity contribution is 6.02. The third-order valence-electron chi connectivity index (χ3n) is 6.88. The normalized spacial score (nSPS) is 32.3. The van der Waals surface area contributed by atoms with Crippen LogP contribution in [0.2, 0.25) is 0 Å². The topological polar surface area (TPSA) is 61.4 Å². The maximum Gasteiger partial charge on any atom is 0.250 e. The van der Waals surface area contributed by atoms with Crippen molar-refractivity contribution in [1.29, 1.82) is 0 Å². The van der Waals surface area contributed by atoms with Crippen LogP contribution in [-0.4, -0.2) is 16.6 Å². The molecule has 4 rings (SSSR count). The first kappa shape index (κ1) is 17.6. The molecule has 4 heteroatoms. The van der Waals surface area contributed by atoms with Crippen molar-refractivity contribution >= 4 is 11.6 Å². The fourth-order valence-electron chi connectivity index (χ4n) is 5.71. The highest BCUT2D eigenvalue weighted by Gasteiger charge is 2.49. The fraction of sp³-hybridized carbons (Fsp3) is 0.591. The number of amides is 1. The molecule has 1 aromatic carbocycles. The summed E-state index contributed by atoms with van der Waals surface area (Å²) < 4.78 is 0. The molecule has 1 amide bonds. The van der Waals surface area contributed by atoms with E-state index in [1.165, 1.54) is 44.9 Å². The van der Waals surface area contributed by atoms with Crippen LogP contribution in [0.4, 0.5) is 5.69 Å². The van der Waals surface area contributed by atoms with Gasteiger partial charge in [0, 0.05) is 28.9 Å². The van der Waals surface area contributed by atoms with Gasteiger partial charge in [-0.2, -0.15) is 0 Å². The standard InChI is InChI=1S/C22H30N2O2/c1-14(2)21(26)24-19-5-6-20(25)18(10-19)13-23-22-7-3-4-16-8-15(11-22)9-17(16)12-22/h5-6,10,15-17,23,25H,1,3-4,7-9,11-13H2,2H3,(H,24,26)/t15-,16-,17?,22?/m0/s1. The smallest absolute Gasteiger partial charge is 0.250 e. The van der Waals surface area contributed by atoms with Crippen LogP contribution >= 0.6 is 0 Å². The molecule has 3 bridgehead atoms. The molecule has 1 aromatic rings. The number of benzene rings is 1. The summed E-state index contributed by atoms with van der Waals surface area (Å²) in [5, 5.41) is 16.9. The molecule has 0 spiro atoms. The Kier molecular flexibility index (Phi) is 4.55. The van der Waals surface area contributed by atoms with Crippen molar-refractivity contribution in [2.24, 2.45) is 17.8 Å². The lowest BCUT2D eigenvalue weighted by Gasteiger charge is -2.41. The van der Waals surface area contributed by atoms with Crippen LogP contribution < -0.4 is 10.6 Å². The molecule has 3 saturated carbocycles. The number of nitrogens with one attached hydrogen (secondary N) is 2. The van der Waals surface area contributed by atoms with Gasteiger partial charge < -0.3 is 15.7 Å². The van der Waals surface area contributed by atoms with Gasteiger partial charge >= 0.3 is 0 Å². The van der Waals surface area contributed by atoms with Crippen molar-refractivity contribution in [1.82, 2.24) is 5.32 Å². The Balaban J connectivity index is 1.47. The summed E-state index contributed by atoms with van der Waals surface area (Å²) in [7, 11) is 0. The highest BCUT2D eigenvalue weighted by atomic mass is 16.3. The minimum atomic E-state index is -0.188. The number of aromatic hydroxyl groups is 1. The van der Waals surface area contributed by atoms with Gasteiger partial charge in [-0.15, -0.1) is 0 Å². The van der Waals surface area contributed by atoms with Crippen LogP contribution in [0.3, 0.4) is 0 Å². The van der Waals surface area contributed by atoms with Crippen LogP contribution in [0.25, 0.3) is 0 Å². The van der Waals surface area contributed by atoms with Crippen molar-refractivity contribution in [3.05, 3.63) is 35.9 Å². The largest absolute Gasteiger partial charge is 0.508 e. The summed E-state index contributed by atoms with van der Waals surface area (Å²) in [6.07, 6.45) is 9.42. The fourth-order valence-corrected chi connectivity index (χ4v) is 5.71. The number of rotatable bonds is 5. The molecule has 140 valence electrons. The Morgan fingerprint density at radius 1 is 1.31 bits per heavy atom. The van der Waals surface area contributed by atoms with Crippen molar-refractivity contribution in [3.63, 3.8) is 0 Å². The van der Waals surface area contributed by atoms with E-state index >= 15 is 0 Å². The van der Waals surface area contributed by atoms with E-state index in [1.807, 2.05) is 6.07 Å². The van der Waals surface area contributed by atoms with Crippen LogP contribution in [0.5, 0.6) is 5.75 Å². The molecule has 0 saturated heterocycles. The number of carbonyl (C=O) groups excluding carboxylic acids is 1. The first-order valence-corrected chi connectivity index (χ1v) is 9.98. The van der Waals surface area contributed by atoms with Crippen LogP contribution in [0, 0.1) is 17.8 Å². The molecule has 0 heterocycles. The SMILES string of the molecule is C=C(C)C(=O)Nc1ccc(O)c(CNC23CCC[C@H]4C[C@@H](CC4C2)C3)c1. The quantitative estimate of drug-likeness (QED) is 0.544. The molecule has 4 atom stereocenters. The minimum Gasteiger partial charge on any atom is -0.508 e. The van der Waals surface area contributed by atoms with E-state index in [-0.39, 0.29) is 17.2 Å². The number of hydrogen-bond donors (Lipinski definition) is 3. The van der Waals surface area contributed by atoms with Gasteiger partial charge in [0.1, 0.15) is 5.75 Å². The maximum atomic E-state index is 11.8. The number of phenols is 1. The molecule has 26 heavy (non-hydrogen) atoms. The predicted octanol–water partition coefficient (Wildman–Crippen LogP) is 4.36. The van der Waals surface area contributed by atoms with Gasteiger partial charge in [-0.05, 0) is 75.0 Å². The molecule has 4 nitrogen and oxygen atoms in total. The molecule has 0 aromatic heterocycles. The van der Waals surface area contributed by atoms with E-state index in [0.29, 0.717) is 17.8 Å². The molecule has 3 fully saturated rings. The summed E-state index contributed by atoms with van der Waals surface area (Å²) in [5.74, 6) is 2.85. The van der Waals surface area contributed by atoms with E-state index < -0.39 is 0 Å². The molecular weight excluding hydrogens is 324 g/mol. The van der Waals surface area contributed by atoms with E-state index in [1.54, 1.807) is 19.1 Å². The van der Waals surface area contributed by atoms with Gasteiger partial charge in [-0.25, -0.2) is 0 Å². The molecule has 2 unspecified atom stereocenters. The van der Waals surface area contributed by atoms with Gasteiger partial charge in [0.2, 0.25) is 0 Å². The second-order valence-electron chi connectivity index (χ2n) is 8.87. The molecule has 0 aliphatic heterocycles. The number of phenolic OH excluding ortho intramolecular Hbond substituents is 1. The molecule has 3 N–H and O–H groups in total. The van der Waals surface area contributed by atoms with E-state index in [4.69, 9.17) is 0 Å². The maximum absolute atomic E-state index is 11.8. The third-order valence-corrected chi connectivity index (χ3v) is 6.88. The lowest BCUT2D eigenvalue weighted by Crippen LogP contribution is -2.48. The highest BCUT2D eigenvalue weighted by Crippen LogP contribution is 2.55. The van der Waals surface area contributed by atoms with Crippen molar-refractivity contribution in [2.45, 2.75) is 64.0 Å². The number of carbonyl (C=O) groups is 1. The zero-order valence-corrected chi connectivity index (χ0v) is 15.7. The summed E-state index contributed by atoms with van der Waals surface area (Å²) in [4.78, 5) is 11.8. The lowest BCUT2D eigenvalue weighted by atomic mass is 9.73. The summed E-state index contributed by atoms with van der Waals surface area (Å²) in [5.41, 5.74) is 2.26. The second kappa shape index (κ2) is 6.73. The van der Waals surface area contributed by atoms with Crippen molar-refractivity contribution < 1.29 is 9.90 Å². The zero-order valence-electron chi connectivity index (χ0n) is 15.7. The van der Waals surface area contributed by atoms with E-state index in [9.17, 15) is 9.90 Å². The molecule has 3 aliphatic rings. The van der Waals surface area contributed by atoms with Crippen LogP contribution in [0.15, 0.2) is 30.4 Å². The summed E-state index contributed by atoms with van der Waals surface area (Å²) in [6.45, 7) is 6.00. The monoisotopic (exact) mass is 354 g/mol. The third kappa shape index (κ3) is 3.39. The van der Waals surface area contributed by atoms with Crippen molar-refractivity contribution in [2.75, 3.05) is 5.32 Å². The first-order valence-electron chi connectivity index (χ1n) is 9.98. The first-order chi connectivity index (χ1) is 12.4. The number of fused-ring (bicyclic) bond motifs is 2. The lowest BCUT2D eigenvalue weighted by molar-refractivity contribution is -0.112. The van der Waals surface area contributed by atoms with E-state index in [0.717, 1.165) is 23.3 Å². The predicted molar refractivity (Wildman–Crippen MR) is 104 cm³/mol. The Hall–Kier alpha value is -1.81. The summed E-state index contributed by atoms with van der Waals surface area (Å²) >= 11 is 0. The van der Waals surface area contributed by atoms with Gasteiger partial charge in [0.25, 0.3) is 5.91 Å². The van der Waals surface area contributed by atoms with Gasteiger partial charge in [0.15, 0.2) is 0 Å². The number of hydrogen-bond acceptors (Lipinski definition) is 3. The Morgan fingerprint density at radius 2 is 2.12 bits per heavy atom. The Bertz CT molecular complexity index is 729. The second-order valence-corrected chi connectivity index (χ2v) is 8.87. The minimum absolute atomic E-state index is 0.188. The van der Waals surface area contributed by atoms with Gasteiger partial charge in [0.05, 0.1) is 0 Å².